The Labute approximate surface area is 161 Å². The molecule has 152 valence electrons. The van der Waals surface area contributed by atoms with Crippen molar-refractivity contribution in [3.8, 4) is 5.75 Å². The van der Waals surface area contributed by atoms with Crippen molar-refractivity contribution < 1.29 is 22.7 Å². The van der Waals surface area contributed by atoms with Crippen LogP contribution in [0.4, 0.5) is 19.0 Å². The molecule has 3 rings (SSSR count). The van der Waals surface area contributed by atoms with Crippen LogP contribution >= 0.6 is 0 Å². The predicted octanol–water partition coefficient (Wildman–Crippen LogP) is 3.97. The monoisotopic (exact) mass is 396 g/mol. The number of rotatable bonds is 7. The topological polar surface area (TPSA) is 59.4 Å². The number of ether oxygens (including phenoxy) is 1. The molecule has 0 aliphatic heterocycles. The Balaban J connectivity index is 1.58. The average molecular weight is 396 g/mol. The summed E-state index contributed by atoms with van der Waals surface area (Å²) < 4.78 is 43.5. The summed E-state index contributed by atoms with van der Waals surface area (Å²) in [6.45, 7) is 0.164. The number of likely N-dealkylation sites (N-methyl/N-ethyl adjacent to an activating group) is 1. The zero-order chi connectivity index (χ0) is 20.1. The molecule has 0 unspecified atom stereocenters. The quantitative estimate of drug-likeness (QED) is 0.770. The maximum atomic E-state index is 12.5. The maximum Gasteiger partial charge on any atom is 0.573 e. The standard InChI is InChI=1S/C19H23F3N4O2/c1-25(12-14-6-2-5-9-16(14)28-19(20,21)22)13-18(27)24-17-10-11-23-26(17)15-7-3-4-8-15/h2,5-6,9-11,15H,3-4,7-8,12-13H2,1H3,(H,24,27). The van der Waals surface area contributed by atoms with Gasteiger partial charge in [-0.25, -0.2) is 4.68 Å². The number of nitrogens with zero attached hydrogens (tertiary/aromatic N) is 3. The molecule has 0 atom stereocenters. The molecule has 1 fully saturated rings. The number of alkyl halides is 3. The number of para-hydroxylation sites is 1. The number of anilines is 1. The molecule has 1 aliphatic carbocycles. The van der Waals surface area contributed by atoms with Gasteiger partial charge in [0.2, 0.25) is 5.91 Å². The van der Waals surface area contributed by atoms with Gasteiger partial charge in [-0.1, -0.05) is 31.0 Å². The molecule has 0 saturated heterocycles. The van der Waals surface area contributed by atoms with Crippen molar-refractivity contribution in [3.05, 3.63) is 42.1 Å². The lowest BCUT2D eigenvalue weighted by Crippen LogP contribution is -2.31. The lowest BCUT2D eigenvalue weighted by atomic mass is 10.2. The third kappa shape index (κ3) is 5.48. The zero-order valence-electron chi connectivity index (χ0n) is 15.6. The van der Waals surface area contributed by atoms with Gasteiger partial charge in [-0.05, 0) is 26.0 Å². The van der Waals surface area contributed by atoms with Crippen molar-refractivity contribution in [2.24, 2.45) is 0 Å². The Hall–Kier alpha value is -2.55. The molecule has 1 aliphatic rings. The SMILES string of the molecule is CN(CC(=O)Nc1ccnn1C1CCCC1)Cc1ccccc1OC(F)(F)F. The van der Waals surface area contributed by atoms with Gasteiger partial charge in [0.25, 0.3) is 0 Å². The summed E-state index contributed by atoms with van der Waals surface area (Å²) in [5.41, 5.74) is 0.353. The van der Waals surface area contributed by atoms with E-state index in [2.05, 4.69) is 15.2 Å². The van der Waals surface area contributed by atoms with Crippen molar-refractivity contribution in [2.45, 2.75) is 44.6 Å². The second-order valence-corrected chi connectivity index (χ2v) is 6.98. The van der Waals surface area contributed by atoms with Crippen LogP contribution in [0.5, 0.6) is 5.75 Å². The molecule has 2 aromatic rings. The minimum Gasteiger partial charge on any atom is -0.405 e. The molecule has 1 aromatic heterocycles. The molecule has 1 amide bonds. The minimum absolute atomic E-state index is 0.0240. The number of benzene rings is 1. The van der Waals surface area contributed by atoms with Crippen LogP contribution in [-0.2, 0) is 11.3 Å². The summed E-state index contributed by atoms with van der Waals surface area (Å²) in [7, 11) is 1.66. The predicted molar refractivity (Wildman–Crippen MR) is 97.8 cm³/mol. The van der Waals surface area contributed by atoms with Crippen molar-refractivity contribution >= 4 is 11.7 Å². The highest BCUT2D eigenvalue weighted by atomic mass is 19.4. The van der Waals surface area contributed by atoms with E-state index in [1.807, 2.05) is 4.68 Å². The Morgan fingerprint density at radius 3 is 2.71 bits per heavy atom. The first-order valence-electron chi connectivity index (χ1n) is 9.17. The Kier molecular flexibility index (Phi) is 6.23. The van der Waals surface area contributed by atoms with Crippen LogP contribution in [0.15, 0.2) is 36.5 Å². The molecule has 0 radical (unpaired) electrons. The summed E-state index contributed by atoms with van der Waals surface area (Å²) in [6.07, 6.45) is 1.29. The van der Waals surface area contributed by atoms with Crippen LogP contribution in [-0.4, -0.2) is 40.5 Å². The van der Waals surface area contributed by atoms with Gasteiger partial charge >= 0.3 is 6.36 Å². The van der Waals surface area contributed by atoms with Crippen molar-refractivity contribution in [1.82, 2.24) is 14.7 Å². The van der Waals surface area contributed by atoms with Crippen LogP contribution in [0, 0.1) is 0 Å². The molecular weight excluding hydrogens is 373 g/mol. The van der Waals surface area contributed by atoms with Gasteiger partial charge in [0.05, 0.1) is 18.8 Å². The number of hydrogen-bond acceptors (Lipinski definition) is 4. The summed E-state index contributed by atoms with van der Waals surface area (Å²) in [6, 6.07) is 7.97. The lowest BCUT2D eigenvalue weighted by molar-refractivity contribution is -0.275. The fourth-order valence-corrected chi connectivity index (χ4v) is 3.49. The van der Waals surface area contributed by atoms with Gasteiger partial charge in [-0.2, -0.15) is 5.10 Å². The second-order valence-electron chi connectivity index (χ2n) is 6.98. The van der Waals surface area contributed by atoms with Crippen LogP contribution < -0.4 is 10.1 Å². The number of halogens is 3. The average Bonchev–Trinajstić information content (AvgIpc) is 3.26. The van der Waals surface area contributed by atoms with Gasteiger partial charge in [0.1, 0.15) is 11.6 Å². The molecule has 1 N–H and O–H groups in total. The highest BCUT2D eigenvalue weighted by Gasteiger charge is 2.32. The van der Waals surface area contributed by atoms with Crippen molar-refractivity contribution in [1.29, 1.82) is 0 Å². The van der Waals surface area contributed by atoms with Crippen LogP contribution in [0.1, 0.15) is 37.3 Å². The first-order chi connectivity index (χ1) is 13.3. The number of carbonyl (C=O) groups excluding carboxylic acids is 1. The highest BCUT2D eigenvalue weighted by molar-refractivity contribution is 5.91. The van der Waals surface area contributed by atoms with E-state index in [-0.39, 0.29) is 24.7 Å². The van der Waals surface area contributed by atoms with Crippen molar-refractivity contribution in [2.75, 3.05) is 18.9 Å². The first kappa shape index (κ1) is 20.2. The van der Waals surface area contributed by atoms with Crippen molar-refractivity contribution in [3.63, 3.8) is 0 Å². The number of carbonyl (C=O) groups is 1. The summed E-state index contributed by atoms with van der Waals surface area (Å²) in [5, 5.41) is 7.15. The molecule has 0 bridgehead atoms. The molecule has 1 saturated carbocycles. The molecular formula is C19H23F3N4O2. The minimum atomic E-state index is -4.76. The highest BCUT2D eigenvalue weighted by Crippen LogP contribution is 2.31. The van der Waals surface area contributed by atoms with Crippen LogP contribution in [0.2, 0.25) is 0 Å². The fourth-order valence-electron chi connectivity index (χ4n) is 3.49. The van der Waals surface area contributed by atoms with E-state index >= 15 is 0 Å². The fraction of sp³-hybridized carbons (Fsp3) is 0.474. The van der Waals surface area contributed by atoms with E-state index in [4.69, 9.17) is 0 Å². The van der Waals surface area contributed by atoms with E-state index in [1.165, 1.54) is 12.1 Å². The number of aromatic nitrogens is 2. The molecule has 0 spiro atoms. The van der Waals surface area contributed by atoms with Gasteiger partial charge in [-0.15, -0.1) is 13.2 Å². The zero-order valence-corrected chi connectivity index (χ0v) is 15.6. The molecule has 1 aromatic carbocycles. The molecule has 6 nitrogen and oxygen atoms in total. The third-order valence-corrected chi connectivity index (χ3v) is 4.66. The Bertz CT molecular complexity index is 800. The smallest absolute Gasteiger partial charge is 0.405 e. The van der Waals surface area contributed by atoms with E-state index in [1.54, 1.807) is 36.3 Å². The van der Waals surface area contributed by atoms with Gasteiger partial charge in [0.15, 0.2) is 0 Å². The molecule has 9 heteroatoms. The normalized spacial score (nSPS) is 15.2. The van der Waals surface area contributed by atoms with E-state index in [0.717, 1.165) is 25.7 Å². The van der Waals surface area contributed by atoms with E-state index in [0.29, 0.717) is 17.4 Å². The van der Waals surface area contributed by atoms with Crippen LogP contribution in [0.25, 0.3) is 0 Å². The van der Waals surface area contributed by atoms with Crippen LogP contribution in [0.3, 0.4) is 0 Å². The Morgan fingerprint density at radius 1 is 1.29 bits per heavy atom. The largest absolute Gasteiger partial charge is 0.573 e. The molecule has 28 heavy (non-hydrogen) atoms. The molecule has 1 heterocycles. The Morgan fingerprint density at radius 2 is 2.00 bits per heavy atom. The van der Waals surface area contributed by atoms with Gasteiger partial charge < -0.3 is 10.1 Å². The second kappa shape index (κ2) is 8.64. The first-order valence-corrected chi connectivity index (χ1v) is 9.17. The summed E-state index contributed by atoms with van der Waals surface area (Å²) in [5.74, 6) is 0.129. The number of hydrogen-bond donors (Lipinski definition) is 1. The number of nitrogens with one attached hydrogen (secondary N) is 1. The van der Waals surface area contributed by atoms with Gasteiger partial charge in [-0.3, -0.25) is 9.69 Å². The third-order valence-electron chi connectivity index (χ3n) is 4.66. The van der Waals surface area contributed by atoms with E-state index in [9.17, 15) is 18.0 Å². The number of amides is 1. The summed E-state index contributed by atoms with van der Waals surface area (Å²) >= 11 is 0. The van der Waals surface area contributed by atoms with E-state index < -0.39 is 6.36 Å². The maximum absolute atomic E-state index is 12.5. The van der Waals surface area contributed by atoms with Gasteiger partial charge in [0, 0.05) is 18.2 Å². The lowest BCUT2D eigenvalue weighted by Gasteiger charge is -2.20. The summed E-state index contributed by atoms with van der Waals surface area (Å²) in [4.78, 5) is 14.0.